The molecule has 3 saturated carbocycles. The number of carbonyl (C=O) groups is 1. The van der Waals surface area contributed by atoms with Gasteiger partial charge in [0.15, 0.2) is 0 Å². The van der Waals surface area contributed by atoms with Crippen molar-refractivity contribution in [3.05, 3.63) is 47.6 Å². The second kappa shape index (κ2) is 12.2. The highest BCUT2D eigenvalue weighted by Crippen LogP contribution is 2.62. The normalized spacial score (nSPS) is 33.7. The Morgan fingerprint density at radius 1 is 1.21 bits per heavy atom. The van der Waals surface area contributed by atoms with Crippen LogP contribution in [0.4, 0.5) is 0 Å². The first kappa shape index (κ1) is 30.8. The number of esters is 1. The predicted octanol–water partition coefficient (Wildman–Crippen LogP) is 6.44. The summed E-state index contributed by atoms with van der Waals surface area (Å²) < 4.78 is 5.41. The summed E-state index contributed by atoms with van der Waals surface area (Å²) in [5.74, 6) is 0.589. The minimum atomic E-state index is -0.999. The highest BCUT2D eigenvalue weighted by atomic mass is 16.5. The van der Waals surface area contributed by atoms with Crippen molar-refractivity contribution in [2.45, 2.75) is 118 Å². The number of ether oxygens (including phenoxy) is 1. The van der Waals surface area contributed by atoms with Crippen molar-refractivity contribution >= 4 is 5.97 Å². The van der Waals surface area contributed by atoms with E-state index < -0.39 is 23.7 Å². The summed E-state index contributed by atoms with van der Waals surface area (Å²) >= 11 is 0. The maximum atomic E-state index is 12.6. The van der Waals surface area contributed by atoms with Gasteiger partial charge < -0.3 is 20.1 Å². The Morgan fingerprint density at radius 3 is 2.61 bits per heavy atom. The third kappa shape index (κ3) is 6.54. The molecule has 0 radical (unpaired) electrons. The molecule has 3 aliphatic carbocycles. The molecule has 5 nitrogen and oxygen atoms in total. The van der Waals surface area contributed by atoms with E-state index in [0.29, 0.717) is 31.3 Å². The van der Waals surface area contributed by atoms with Gasteiger partial charge in [-0.05, 0) is 92.6 Å². The zero-order valence-electron chi connectivity index (χ0n) is 24.6. The van der Waals surface area contributed by atoms with E-state index in [1.807, 2.05) is 6.08 Å². The summed E-state index contributed by atoms with van der Waals surface area (Å²) in [6, 6.07) is 0. The highest BCUT2D eigenvalue weighted by Gasteiger charge is 2.53. The van der Waals surface area contributed by atoms with Gasteiger partial charge in [0, 0.05) is 6.42 Å². The average Bonchev–Trinajstić information content (AvgIpc) is 3.22. The largest absolute Gasteiger partial charge is 0.465 e. The molecule has 3 aliphatic rings. The second-order valence-corrected chi connectivity index (χ2v) is 13.4. The summed E-state index contributed by atoms with van der Waals surface area (Å²) in [4.78, 5) is 12.6. The van der Waals surface area contributed by atoms with Crippen LogP contribution in [0.25, 0.3) is 0 Å². The fraction of sp³-hybridized carbons (Fsp3) is 0.727. The Balaban J connectivity index is 1.75. The first-order valence-electron chi connectivity index (χ1n) is 14.7. The first-order valence-corrected chi connectivity index (χ1v) is 14.7. The average molecular weight is 529 g/mol. The molecule has 38 heavy (non-hydrogen) atoms. The highest BCUT2D eigenvalue weighted by molar-refractivity contribution is 5.77. The SMILES string of the molecule is C=C1/C(=C\C=C2/CCC[C@]3(C)[C@@H](C(C)(C)/C=C/[C@H](O)C(C)(C)C(=O)OCCCC)CC[C@@H]23)C[C@@H](O)C[C@@H]1O. The lowest BCUT2D eigenvalue weighted by Crippen LogP contribution is -2.40. The number of hydrogen-bond acceptors (Lipinski definition) is 5. The topological polar surface area (TPSA) is 87.0 Å². The summed E-state index contributed by atoms with van der Waals surface area (Å²) in [7, 11) is 0. The zero-order valence-corrected chi connectivity index (χ0v) is 24.6. The van der Waals surface area contributed by atoms with Crippen molar-refractivity contribution in [3.63, 3.8) is 0 Å². The van der Waals surface area contributed by atoms with Gasteiger partial charge in [-0.15, -0.1) is 0 Å². The zero-order chi connectivity index (χ0) is 28.3. The third-order valence-corrected chi connectivity index (χ3v) is 9.83. The minimum absolute atomic E-state index is 0.139. The van der Waals surface area contributed by atoms with Crippen LogP contribution in [0.2, 0.25) is 0 Å². The standard InChI is InChI=1S/C33H52O5/c1-8-9-19-38-30(37)32(5,6)29(36)16-18-31(3,4)28-15-14-26-23(11-10-17-33(26,28)7)12-13-24-20-25(34)21-27(35)22(24)2/h12-13,16,18,25-29,34-36H,2,8-11,14-15,17,19-21H2,1,3-7H3/b18-16+,23-12+,24-13-/t25-,26+,27+,28-,29+,33+/m1/s1. The molecule has 0 aromatic carbocycles. The maximum Gasteiger partial charge on any atom is 0.314 e. The molecule has 0 bridgehead atoms. The number of carbonyl (C=O) groups excluding carboxylic acids is 1. The van der Waals surface area contributed by atoms with Crippen LogP contribution in [0.15, 0.2) is 47.6 Å². The van der Waals surface area contributed by atoms with Gasteiger partial charge in [-0.2, -0.15) is 0 Å². The molecule has 0 aliphatic heterocycles. The molecular weight excluding hydrogens is 476 g/mol. The number of hydrogen-bond donors (Lipinski definition) is 3. The molecule has 0 aromatic rings. The number of allylic oxidation sites excluding steroid dienone is 4. The summed E-state index contributed by atoms with van der Waals surface area (Å²) in [5, 5.41) is 31.3. The van der Waals surface area contributed by atoms with Crippen molar-refractivity contribution in [1.82, 2.24) is 0 Å². The van der Waals surface area contributed by atoms with Gasteiger partial charge in [0.25, 0.3) is 0 Å². The minimum Gasteiger partial charge on any atom is -0.465 e. The van der Waals surface area contributed by atoms with E-state index in [1.54, 1.807) is 13.8 Å². The lowest BCUT2D eigenvalue weighted by atomic mass is 9.57. The second-order valence-electron chi connectivity index (χ2n) is 13.4. The van der Waals surface area contributed by atoms with Crippen LogP contribution in [0, 0.1) is 28.1 Å². The molecule has 0 saturated heterocycles. The van der Waals surface area contributed by atoms with Gasteiger partial charge in [-0.25, -0.2) is 0 Å². The number of unbranched alkanes of at least 4 members (excludes halogenated alkanes) is 1. The molecule has 0 heterocycles. The number of aliphatic hydroxyl groups excluding tert-OH is 3. The van der Waals surface area contributed by atoms with Crippen LogP contribution >= 0.6 is 0 Å². The van der Waals surface area contributed by atoms with Gasteiger partial charge >= 0.3 is 5.97 Å². The number of fused-ring (bicyclic) bond motifs is 1. The third-order valence-electron chi connectivity index (χ3n) is 9.83. The van der Waals surface area contributed by atoms with Gasteiger partial charge in [0.2, 0.25) is 0 Å². The van der Waals surface area contributed by atoms with E-state index in [0.717, 1.165) is 49.7 Å². The molecule has 0 spiro atoms. The monoisotopic (exact) mass is 528 g/mol. The Morgan fingerprint density at radius 2 is 1.92 bits per heavy atom. The molecule has 3 fully saturated rings. The Kier molecular flexibility index (Phi) is 9.92. The Labute approximate surface area is 230 Å². The molecule has 214 valence electrons. The number of rotatable bonds is 9. The van der Waals surface area contributed by atoms with Crippen LogP contribution in [-0.2, 0) is 9.53 Å². The van der Waals surface area contributed by atoms with E-state index in [2.05, 4.69) is 52.5 Å². The fourth-order valence-electron chi connectivity index (χ4n) is 7.24. The summed E-state index contributed by atoms with van der Waals surface area (Å²) in [6.07, 6.45) is 14.5. The van der Waals surface area contributed by atoms with Crippen LogP contribution in [0.5, 0.6) is 0 Å². The van der Waals surface area contributed by atoms with Gasteiger partial charge in [-0.1, -0.05) is 70.6 Å². The Hall–Kier alpha value is -1.69. The number of aliphatic hydroxyl groups is 3. The molecular formula is C33H52O5. The summed E-state index contributed by atoms with van der Waals surface area (Å²) in [5.41, 5.74) is 2.17. The predicted molar refractivity (Wildman–Crippen MR) is 153 cm³/mol. The van der Waals surface area contributed by atoms with E-state index in [4.69, 9.17) is 4.74 Å². The van der Waals surface area contributed by atoms with Crippen molar-refractivity contribution in [2.24, 2.45) is 28.1 Å². The van der Waals surface area contributed by atoms with Crippen LogP contribution in [0.1, 0.15) is 99.3 Å². The van der Waals surface area contributed by atoms with E-state index >= 15 is 0 Å². The van der Waals surface area contributed by atoms with Crippen molar-refractivity contribution in [2.75, 3.05) is 6.61 Å². The molecule has 0 aromatic heterocycles. The smallest absolute Gasteiger partial charge is 0.314 e. The molecule has 3 N–H and O–H groups in total. The van der Waals surface area contributed by atoms with Crippen LogP contribution in [-0.4, -0.2) is 46.2 Å². The van der Waals surface area contributed by atoms with Crippen molar-refractivity contribution in [1.29, 1.82) is 0 Å². The van der Waals surface area contributed by atoms with Gasteiger partial charge in [0.1, 0.15) is 0 Å². The molecule has 3 rings (SSSR count). The quantitative estimate of drug-likeness (QED) is 0.182. The van der Waals surface area contributed by atoms with Crippen LogP contribution < -0.4 is 0 Å². The van der Waals surface area contributed by atoms with E-state index in [1.165, 1.54) is 12.0 Å². The lowest BCUT2D eigenvalue weighted by Gasteiger charge is -2.47. The van der Waals surface area contributed by atoms with Crippen molar-refractivity contribution < 1.29 is 24.9 Å². The fourth-order valence-corrected chi connectivity index (χ4v) is 7.24. The molecule has 0 amide bonds. The van der Waals surface area contributed by atoms with Crippen molar-refractivity contribution in [3.8, 4) is 0 Å². The molecule has 0 unspecified atom stereocenters. The Bertz CT molecular complexity index is 954. The first-order chi connectivity index (χ1) is 17.7. The molecule has 6 atom stereocenters. The lowest BCUT2D eigenvalue weighted by molar-refractivity contribution is -0.158. The van der Waals surface area contributed by atoms with Gasteiger partial charge in [0.05, 0.1) is 30.3 Å². The summed E-state index contributed by atoms with van der Waals surface area (Å²) in [6.45, 7) is 17.0. The van der Waals surface area contributed by atoms with Gasteiger partial charge in [-0.3, -0.25) is 4.79 Å². The van der Waals surface area contributed by atoms with E-state index in [-0.39, 0.29) is 16.8 Å². The maximum absolute atomic E-state index is 12.6. The van der Waals surface area contributed by atoms with Crippen LogP contribution in [0.3, 0.4) is 0 Å². The molecule has 5 heteroatoms. The van der Waals surface area contributed by atoms with E-state index in [9.17, 15) is 20.1 Å².